The van der Waals surface area contributed by atoms with Crippen LogP contribution < -0.4 is 0 Å². The Kier molecular flexibility index (Phi) is 3.98. The maximum atomic E-state index is 13.5. The van der Waals surface area contributed by atoms with Gasteiger partial charge in [-0.25, -0.2) is 4.39 Å². The molecular formula is C15H17FO3. The molecule has 0 bridgehead atoms. The molecule has 1 saturated carbocycles. The Balaban J connectivity index is 2.26. The van der Waals surface area contributed by atoms with E-state index in [1.54, 1.807) is 19.1 Å². The van der Waals surface area contributed by atoms with E-state index in [0.29, 0.717) is 18.4 Å². The summed E-state index contributed by atoms with van der Waals surface area (Å²) in [6.45, 7) is 1.63. The molecule has 1 fully saturated rings. The van der Waals surface area contributed by atoms with Gasteiger partial charge in [0.25, 0.3) is 0 Å². The maximum Gasteiger partial charge on any atom is 0.307 e. The van der Waals surface area contributed by atoms with Gasteiger partial charge in [0.2, 0.25) is 0 Å². The number of carbonyl (C=O) groups excluding carboxylic acids is 1. The molecule has 0 unspecified atom stereocenters. The lowest BCUT2D eigenvalue weighted by atomic mass is 9.75. The quantitative estimate of drug-likeness (QED) is 0.853. The lowest BCUT2D eigenvalue weighted by molar-refractivity contribution is -0.144. The highest BCUT2D eigenvalue weighted by Gasteiger charge is 2.36. The van der Waals surface area contributed by atoms with Crippen molar-refractivity contribution in [3.8, 4) is 0 Å². The highest BCUT2D eigenvalue weighted by Crippen LogP contribution is 2.33. The summed E-state index contributed by atoms with van der Waals surface area (Å²) in [6, 6.07) is 4.35. The van der Waals surface area contributed by atoms with E-state index in [-0.39, 0.29) is 11.3 Å². The van der Waals surface area contributed by atoms with Crippen molar-refractivity contribution in [1.82, 2.24) is 0 Å². The van der Waals surface area contributed by atoms with E-state index < -0.39 is 23.6 Å². The SMILES string of the molecule is Cc1ccc(C(=O)[C@@H]2CCCC[C@H]2C(=O)O)cc1F. The van der Waals surface area contributed by atoms with Crippen LogP contribution in [0.2, 0.25) is 0 Å². The number of halogens is 1. The van der Waals surface area contributed by atoms with E-state index in [4.69, 9.17) is 0 Å². The minimum Gasteiger partial charge on any atom is -0.481 e. The van der Waals surface area contributed by atoms with Crippen molar-refractivity contribution in [1.29, 1.82) is 0 Å². The lowest BCUT2D eigenvalue weighted by Gasteiger charge is -2.27. The zero-order valence-electron chi connectivity index (χ0n) is 10.9. The third kappa shape index (κ3) is 2.83. The number of aliphatic carboxylic acids is 1. The topological polar surface area (TPSA) is 54.4 Å². The molecule has 102 valence electrons. The second-order valence-corrected chi connectivity index (χ2v) is 5.16. The average Bonchev–Trinajstić information content (AvgIpc) is 2.41. The van der Waals surface area contributed by atoms with Gasteiger partial charge in [0.15, 0.2) is 5.78 Å². The zero-order chi connectivity index (χ0) is 14.0. The van der Waals surface area contributed by atoms with Gasteiger partial charge < -0.3 is 5.11 Å². The van der Waals surface area contributed by atoms with Crippen LogP contribution in [-0.2, 0) is 4.79 Å². The van der Waals surface area contributed by atoms with E-state index in [1.165, 1.54) is 6.07 Å². The number of ketones is 1. The number of carboxylic acid groups (broad SMARTS) is 1. The molecule has 1 N–H and O–H groups in total. The first-order valence-electron chi connectivity index (χ1n) is 6.54. The van der Waals surface area contributed by atoms with Gasteiger partial charge in [0.1, 0.15) is 5.82 Å². The van der Waals surface area contributed by atoms with E-state index in [9.17, 15) is 19.1 Å². The molecule has 1 aliphatic rings. The fourth-order valence-electron chi connectivity index (χ4n) is 2.70. The van der Waals surface area contributed by atoms with E-state index in [2.05, 4.69) is 0 Å². The smallest absolute Gasteiger partial charge is 0.307 e. The third-order valence-electron chi connectivity index (χ3n) is 3.88. The van der Waals surface area contributed by atoms with Gasteiger partial charge in [0.05, 0.1) is 5.92 Å². The van der Waals surface area contributed by atoms with Crippen molar-refractivity contribution < 1.29 is 19.1 Å². The normalized spacial score (nSPS) is 23.1. The first kappa shape index (κ1) is 13.7. The van der Waals surface area contributed by atoms with E-state index in [1.807, 2.05) is 0 Å². The standard InChI is InChI=1S/C15H17FO3/c1-9-6-7-10(8-13(9)16)14(17)11-4-2-3-5-12(11)15(18)19/h6-8,11-12H,2-5H2,1H3,(H,18,19)/t11-,12-/m1/s1. The van der Waals surface area contributed by atoms with Crippen molar-refractivity contribution in [2.24, 2.45) is 11.8 Å². The molecule has 0 amide bonds. The van der Waals surface area contributed by atoms with Crippen LogP contribution in [0, 0.1) is 24.6 Å². The molecule has 0 heterocycles. The van der Waals surface area contributed by atoms with Crippen LogP contribution >= 0.6 is 0 Å². The van der Waals surface area contributed by atoms with Crippen molar-refractivity contribution in [3.63, 3.8) is 0 Å². The number of hydrogen-bond donors (Lipinski definition) is 1. The number of carboxylic acids is 1. The monoisotopic (exact) mass is 264 g/mol. The largest absolute Gasteiger partial charge is 0.481 e. The molecule has 2 atom stereocenters. The lowest BCUT2D eigenvalue weighted by Crippen LogP contribution is -2.32. The average molecular weight is 264 g/mol. The van der Waals surface area contributed by atoms with Crippen LogP contribution in [0.25, 0.3) is 0 Å². The first-order valence-corrected chi connectivity index (χ1v) is 6.54. The predicted octanol–water partition coefficient (Wildman–Crippen LogP) is 3.21. The van der Waals surface area contributed by atoms with E-state index in [0.717, 1.165) is 12.8 Å². The van der Waals surface area contributed by atoms with Crippen LogP contribution in [0.3, 0.4) is 0 Å². The highest BCUT2D eigenvalue weighted by atomic mass is 19.1. The molecule has 0 saturated heterocycles. The Hall–Kier alpha value is -1.71. The van der Waals surface area contributed by atoms with Gasteiger partial charge in [-0.15, -0.1) is 0 Å². The maximum absolute atomic E-state index is 13.5. The Morgan fingerprint density at radius 3 is 2.42 bits per heavy atom. The van der Waals surface area contributed by atoms with Crippen molar-refractivity contribution in [3.05, 3.63) is 35.1 Å². The van der Waals surface area contributed by atoms with Gasteiger partial charge in [-0.1, -0.05) is 25.0 Å². The van der Waals surface area contributed by atoms with Gasteiger partial charge in [-0.2, -0.15) is 0 Å². The van der Waals surface area contributed by atoms with Crippen LogP contribution in [0.1, 0.15) is 41.6 Å². The number of carbonyl (C=O) groups is 2. The Morgan fingerprint density at radius 2 is 1.84 bits per heavy atom. The molecule has 2 rings (SSSR count). The van der Waals surface area contributed by atoms with Crippen LogP contribution in [0.5, 0.6) is 0 Å². The first-order chi connectivity index (χ1) is 9.00. The molecule has 1 aromatic carbocycles. The van der Waals surface area contributed by atoms with Crippen molar-refractivity contribution >= 4 is 11.8 Å². The Labute approximate surface area is 111 Å². The fraction of sp³-hybridized carbons (Fsp3) is 0.467. The Bertz CT molecular complexity index is 510. The summed E-state index contributed by atoms with van der Waals surface area (Å²) in [6.07, 6.45) is 2.79. The summed E-state index contributed by atoms with van der Waals surface area (Å²) >= 11 is 0. The number of rotatable bonds is 3. The summed E-state index contributed by atoms with van der Waals surface area (Å²) in [5.74, 6) is -2.75. The molecular weight excluding hydrogens is 247 g/mol. The van der Waals surface area contributed by atoms with Crippen molar-refractivity contribution in [2.45, 2.75) is 32.6 Å². The number of hydrogen-bond acceptors (Lipinski definition) is 2. The summed E-state index contributed by atoms with van der Waals surface area (Å²) in [7, 11) is 0. The predicted molar refractivity (Wildman–Crippen MR) is 68.6 cm³/mol. The molecule has 3 nitrogen and oxygen atoms in total. The molecule has 0 aliphatic heterocycles. The van der Waals surface area contributed by atoms with Gasteiger partial charge in [0, 0.05) is 11.5 Å². The summed E-state index contributed by atoms with van der Waals surface area (Å²) in [5, 5.41) is 9.18. The molecule has 1 aliphatic carbocycles. The van der Waals surface area contributed by atoms with Gasteiger partial charge in [-0.05, 0) is 31.4 Å². The second kappa shape index (κ2) is 5.51. The number of aryl methyl sites for hydroxylation is 1. The second-order valence-electron chi connectivity index (χ2n) is 5.16. The number of Topliss-reactive ketones (excluding diaryl/α,β-unsaturated/α-hetero) is 1. The van der Waals surface area contributed by atoms with E-state index >= 15 is 0 Å². The van der Waals surface area contributed by atoms with Crippen LogP contribution in [0.15, 0.2) is 18.2 Å². The van der Waals surface area contributed by atoms with Crippen molar-refractivity contribution in [2.75, 3.05) is 0 Å². The zero-order valence-corrected chi connectivity index (χ0v) is 10.9. The molecule has 1 aromatic rings. The summed E-state index contributed by atoms with van der Waals surface area (Å²) in [4.78, 5) is 23.5. The molecule has 0 spiro atoms. The Morgan fingerprint density at radius 1 is 1.21 bits per heavy atom. The van der Waals surface area contributed by atoms with Gasteiger partial charge in [-0.3, -0.25) is 9.59 Å². The van der Waals surface area contributed by atoms with Crippen LogP contribution in [-0.4, -0.2) is 16.9 Å². The fourth-order valence-corrected chi connectivity index (χ4v) is 2.70. The van der Waals surface area contributed by atoms with Gasteiger partial charge >= 0.3 is 5.97 Å². The molecule has 0 aromatic heterocycles. The highest BCUT2D eigenvalue weighted by molar-refractivity contribution is 6.00. The minimum absolute atomic E-state index is 0.244. The number of benzene rings is 1. The summed E-state index contributed by atoms with van der Waals surface area (Å²) < 4.78 is 13.5. The molecule has 19 heavy (non-hydrogen) atoms. The molecule has 0 radical (unpaired) electrons. The third-order valence-corrected chi connectivity index (χ3v) is 3.88. The molecule has 4 heteroatoms. The van der Waals surface area contributed by atoms with Crippen LogP contribution in [0.4, 0.5) is 4.39 Å². The minimum atomic E-state index is -0.925. The summed E-state index contributed by atoms with van der Waals surface area (Å²) in [5.41, 5.74) is 0.760.